The highest BCUT2D eigenvalue weighted by molar-refractivity contribution is 5.84. The van der Waals surface area contributed by atoms with Gasteiger partial charge in [-0.05, 0) is 25.0 Å². The van der Waals surface area contributed by atoms with Gasteiger partial charge in [0.2, 0.25) is 5.91 Å². The summed E-state index contributed by atoms with van der Waals surface area (Å²) in [7, 11) is 0. The van der Waals surface area contributed by atoms with Crippen LogP contribution in [0.3, 0.4) is 0 Å². The quantitative estimate of drug-likeness (QED) is 0.846. The molecule has 5 heteroatoms. The number of halogens is 1. The molecule has 0 atom stereocenters. The molecule has 19 heavy (non-hydrogen) atoms. The van der Waals surface area contributed by atoms with Crippen LogP contribution in [0.5, 0.6) is 0 Å². The van der Waals surface area contributed by atoms with Crippen molar-refractivity contribution < 1.29 is 14.0 Å². The smallest absolute Gasteiger partial charge is 0.217 e. The molecule has 1 N–H and O–H groups in total. The minimum absolute atomic E-state index is 0.0436. The Kier molecular flexibility index (Phi) is 4.14. The number of carbonyl (C=O) groups is 2. The molecule has 1 heterocycles. The van der Waals surface area contributed by atoms with Crippen LogP contribution in [0.15, 0.2) is 18.2 Å². The number of carbonyl (C=O) groups excluding carboxylic acids is 2. The standard InChI is InChI=1S/C14H17FN2O2/c1-10(19)16-12-5-7-17(8-6-12)14-11(9-18)3-2-4-13(14)15/h2-4,9,12H,5-8H2,1H3,(H,16,19). The average molecular weight is 264 g/mol. The Labute approximate surface area is 111 Å². The van der Waals surface area contributed by atoms with E-state index in [2.05, 4.69) is 5.32 Å². The van der Waals surface area contributed by atoms with Crippen LogP contribution in [-0.2, 0) is 4.79 Å². The molecule has 0 bridgehead atoms. The van der Waals surface area contributed by atoms with Crippen molar-refractivity contribution in [3.63, 3.8) is 0 Å². The van der Waals surface area contributed by atoms with Crippen LogP contribution in [0.1, 0.15) is 30.1 Å². The summed E-state index contributed by atoms with van der Waals surface area (Å²) in [5.41, 5.74) is 0.747. The van der Waals surface area contributed by atoms with E-state index in [1.165, 1.54) is 19.1 Å². The molecule has 4 nitrogen and oxygen atoms in total. The third kappa shape index (κ3) is 3.10. The number of piperidine rings is 1. The molecule has 1 aromatic carbocycles. The number of para-hydroxylation sites is 1. The van der Waals surface area contributed by atoms with Crippen LogP contribution >= 0.6 is 0 Å². The summed E-state index contributed by atoms with van der Waals surface area (Å²) in [4.78, 5) is 23.8. The topological polar surface area (TPSA) is 49.4 Å². The molecule has 0 aliphatic carbocycles. The molecule has 0 saturated carbocycles. The highest BCUT2D eigenvalue weighted by Gasteiger charge is 2.23. The van der Waals surface area contributed by atoms with E-state index < -0.39 is 0 Å². The lowest BCUT2D eigenvalue weighted by Gasteiger charge is -2.34. The highest BCUT2D eigenvalue weighted by atomic mass is 19.1. The number of benzene rings is 1. The Morgan fingerprint density at radius 1 is 1.42 bits per heavy atom. The highest BCUT2D eigenvalue weighted by Crippen LogP contribution is 2.26. The molecule has 1 amide bonds. The average Bonchev–Trinajstić information content (AvgIpc) is 2.39. The van der Waals surface area contributed by atoms with Crippen molar-refractivity contribution in [2.24, 2.45) is 0 Å². The predicted octanol–water partition coefficient (Wildman–Crippen LogP) is 1.74. The number of aldehydes is 1. The van der Waals surface area contributed by atoms with E-state index in [-0.39, 0.29) is 17.8 Å². The Morgan fingerprint density at radius 2 is 2.11 bits per heavy atom. The second kappa shape index (κ2) is 5.82. The number of hydrogen-bond acceptors (Lipinski definition) is 3. The normalized spacial score (nSPS) is 16.2. The first kappa shape index (κ1) is 13.5. The Balaban J connectivity index is 2.09. The maximum atomic E-state index is 13.9. The van der Waals surface area contributed by atoms with Crippen molar-refractivity contribution in [3.05, 3.63) is 29.6 Å². The minimum atomic E-state index is -0.373. The molecule has 2 rings (SSSR count). The maximum Gasteiger partial charge on any atom is 0.217 e. The van der Waals surface area contributed by atoms with Gasteiger partial charge in [-0.3, -0.25) is 9.59 Å². The molecule has 1 aliphatic rings. The summed E-state index contributed by atoms with van der Waals surface area (Å²) in [5.74, 6) is -0.416. The Morgan fingerprint density at radius 3 is 2.68 bits per heavy atom. The number of nitrogens with one attached hydrogen (secondary N) is 1. The Hall–Kier alpha value is -1.91. The lowest BCUT2D eigenvalue weighted by molar-refractivity contribution is -0.119. The van der Waals surface area contributed by atoms with Gasteiger partial charge in [-0.1, -0.05) is 6.07 Å². The summed E-state index contributed by atoms with van der Waals surface area (Å²) < 4.78 is 13.9. The van der Waals surface area contributed by atoms with Crippen molar-refractivity contribution in [2.45, 2.75) is 25.8 Å². The van der Waals surface area contributed by atoms with Crippen LogP contribution in [0.4, 0.5) is 10.1 Å². The monoisotopic (exact) mass is 264 g/mol. The van der Waals surface area contributed by atoms with Gasteiger partial charge < -0.3 is 10.2 Å². The zero-order valence-electron chi connectivity index (χ0n) is 10.9. The van der Waals surface area contributed by atoms with Crippen molar-refractivity contribution >= 4 is 17.9 Å². The van der Waals surface area contributed by atoms with Crippen molar-refractivity contribution in [1.82, 2.24) is 5.32 Å². The van der Waals surface area contributed by atoms with Crippen molar-refractivity contribution in [1.29, 1.82) is 0 Å². The maximum absolute atomic E-state index is 13.9. The van der Waals surface area contributed by atoms with Gasteiger partial charge in [0.25, 0.3) is 0 Å². The second-order valence-corrected chi connectivity index (χ2v) is 4.76. The number of amides is 1. The summed E-state index contributed by atoms with van der Waals surface area (Å²) >= 11 is 0. The third-order valence-electron chi connectivity index (χ3n) is 3.36. The molecule has 0 spiro atoms. The fourth-order valence-electron chi connectivity index (χ4n) is 2.50. The van der Waals surface area contributed by atoms with Crippen LogP contribution in [0.2, 0.25) is 0 Å². The largest absolute Gasteiger partial charge is 0.368 e. The first-order valence-electron chi connectivity index (χ1n) is 6.37. The van der Waals surface area contributed by atoms with Gasteiger partial charge in [-0.25, -0.2) is 4.39 Å². The van der Waals surface area contributed by atoms with E-state index in [9.17, 15) is 14.0 Å². The molecule has 0 radical (unpaired) electrons. The molecule has 102 valence electrons. The number of nitrogens with zero attached hydrogens (tertiary/aromatic N) is 1. The van der Waals surface area contributed by atoms with Gasteiger partial charge in [0.15, 0.2) is 6.29 Å². The lowest BCUT2D eigenvalue weighted by atomic mass is 10.0. The molecule has 1 saturated heterocycles. The van der Waals surface area contributed by atoms with Crippen LogP contribution in [-0.4, -0.2) is 31.3 Å². The zero-order valence-corrected chi connectivity index (χ0v) is 10.9. The first-order valence-corrected chi connectivity index (χ1v) is 6.37. The third-order valence-corrected chi connectivity index (χ3v) is 3.36. The molecular weight excluding hydrogens is 247 g/mol. The van der Waals surface area contributed by atoms with E-state index in [4.69, 9.17) is 0 Å². The van der Waals surface area contributed by atoms with Gasteiger partial charge in [0, 0.05) is 31.6 Å². The van der Waals surface area contributed by atoms with E-state index in [0.29, 0.717) is 30.6 Å². The van der Waals surface area contributed by atoms with Crippen LogP contribution in [0.25, 0.3) is 0 Å². The van der Waals surface area contributed by atoms with E-state index in [0.717, 1.165) is 12.8 Å². The summed E-state index contributed by atoms with van der Waals surface area (Å²) in [6, 6.07) is 4.65. The fourth-order valence-corrected chi connectivity index (χ4v) is 2.50. The number of hydrogen-bond donors (Lipinski definition) is 1. The molecule has 0 unspecified atom stereocenters. The van der Waals surface area contributed by atoms with E-state index in [1.807, 2.05) is 4.90 Å². The molecule has 1 aromatic rings. The predicted molar refractivity (Wildman–Crippen MR) is 70.8 cm³/mol. The Bertz CT molecular complexity index is 482. The van der Waals surface area contributed by atoms with Gasteiger partial charge in [-0.15, -0.1) is 0 Å². The summed E-state index contributed by atoms with van der Waals surface area (Å²) in [6.45, 7) is 2.76. The lowest BCUT2D eigenvalue weighted by Crippen LogP contribution is -2.44. The number of anilines is 1. The molecule has 1 fully saturated rings. The minimum Gasteiger partial charge on any atom is -0.368 e. The van der Waals surface area contributed by atoms with Gasteiger partial charge in [-0.2, -0.15) is 0 Å². The van der Waals surface area contributed by atoms with Crippen molar-refractivity contribution in [3.8, 4) is 0 Å². The summed E-state index contributed by atoms with van der Waals surface area (Å²) in [6.07, 6.45) is 2.19. The molecular formula is C14H17FN2O2. The second-order valence-electron chi connectivity index (χ2n) is 4.76. The van der Waals surface area contributed by atoms with Crippen molar-refractivity contribution in [2.75, 3.05) is 18.0 Å². The van der Waals surface area contributed by atoms with Gasteiger partial charge >= 0.3 is 0 Å². The molecule has 1 aliphatic heterocycles. The zero-order chi connectivity index (χ0) is 13.8. The van der Waals surface area contributed by atoms with Crippen LogP contribution < -0.4 is 10.2 Å². The number of rotatable bonds is 3. The summed E-state index contributed by atoms with van der Waals surface area (Å²) in [5, 5.41) is 2.87. The van der Waals surface area contributed by atoms with E-state index >= 15 is 0 Å². The van der Waals surface area contributed by atoms with Gasteiger partial charge in [0.05, 0.1) is 5.69 Å². The SMILES string of the molecule is CC(=O)NC1CCN(c2c(F)cccc2C=O)CC1. The molecule has 0 aromatic heterocycles. The van der Waals surface area contributed by atoms with E-state index in [1.54, 1.807) is 6.07 Å². The van der Waals surface area contributed by atoms with Gasteiger partial charge in [0.1, 0.15) is 5.82 Å². The van der Waals surface area contributed by atoms with Crippen LogP contribution in [0, 0.1) is 5.82 Å². The fraction of sp³-hybridized carbons (Fsp3) is 0.429. The first-order chi connectivity index (χ1) is 9.11.